The number of phenols is 1. The third kappa shape index (κ3) is 1.64. The minimum atomic E-state index is -0.949. The van der Waals surface area contributed by atoms with Crippen molar-refractivity contribution in [2.45, 2.75) is 0 Å². The molecule has 60 valence electrons. The van der Waals surface area contributed by atoms with Crippen molar-refractivity contribution in [2.24, 2.45) is 0 Å². The molecule has 1 N–H and O–H groups in total. The van der Waals surface area contributed by atoms with Crippen LogP contribution in [0.5, 0.6) is 5.75 Å². The van der Waals surface area contributed by atoms with Crippen LogP contribution in [-0.4, -0.2) is 5.11 Å². The van der Waals surface area contributed by atoms with Crippen LogP contribution >= 0.6 is 38.5 Å². The van der Waals surface area contributed by atoms with Crippen molar-refractivity contribution in [1.29, 1.82) is 0 Å². The molecule has 0 saturated heterocycles. The molecule has 1 rings (SSSR count). The third-order valence-electron chi connectivity index (χ3n) is 1.09. The molecule has 0 aromatic heterocycles. The molecule has 0 radical (unpaired) electrons. The first-order valence-electron chi connectivity index (χ1n) is 2.56. The number of benzene rings is 1. The normalized spacial score (nSPS) is 10.2. The summed E-state index contributed by atoms with van der Waals surface area (Å²) in [7, 11) is 0. The fourth-order valence-electron chi connectivity index (χ4n) is 0.557. The minimum Gasteiger partial charge on any atom is -0.504 e. The summed E-state index contributed by atoms with van der Waals surface area (Å²) in [5.74, 6) is -2.20. The Labute approximate surface area is 83.7 Å². The van der Waals surface area contributed by atoms with Crippen LogP contribution in [0.1, 0.15) is 0 Å². The van der Waals surface area contributed by atoms with E-state index in [1.165, 1.54) is 0 Å². The van der Waals surface area contributed by atoms with E-state index in [4.69, 9.17) is 5.11 Å². The van der Waals surface area contributed by atoms with Gasteiger partial charge < -0.3 is 5.11 Å². The number of hydrogen-bond donors (Lipinski definition) is 1. The van der Waals surface area contributed by atoms with E-state index in [9.17, 15) is 8.78 Å². The topological polar surface area (TPSA) is 20.2 Å². The molecular formula is C6H2BrF2IO. The van der Waals surface area contributed by atoms with Gasteiger partial charge in [-0.2, -0.15) is 0 Å². The fourth-order valence-corrected chi connectivity index (χ4v) is 1.37. The summed E-state index contributed by atoms with van der Waals surface area (Å²) in [5, 5.41) is 8.93. The standard InChI is InChI=1S/C6H2BrF2IO/c7-4-2(8)1-3(9)6(11)5(4)10/h1,11H. The summed E-state index contributed by atoms with van der Waals surface area (Å²) in [4.78, 5) is 0. The molecule has 0 amide bonds. The van der Waals surface area contributed by atoms with Crippen molar-refractivity contribution < 1.29 is 13.9 Å². The van der Waals surface area contributed by atoms with E-state index in [-0.39, 0.29) is 8.04 Å². The van der Waals surface area contributed by atoms with Crippen LogP contribution < -0.4 is 0 Å². The quantitative estimate of drug-likeness (QED) is 0.439. The first kappa shape index (κ1) is 9.18. The summed E-state index contributed by atoms with van der Waals surface area (Å²) in [5.41, 5.74) is 0. The molecule has 0 aliphatic rings. The summed E-state index contributed by atoms with van der Waals surface area (Å²) in [6.45, 7) is 0. The molecule has 11 heavy (non-hydrogen) atoms. The Hall–Kier alpha value is 0.0900. The molecule has 5 heteroatoms. The summed E-state index contributed by atoms with van der Waals surface area (Å²) in [6.07, 6.45) is 0. The van der Waals surface area contributed by atoms with Crippen molar-refractivity contribution in [2.75, 3.05) is 0 Å². The minimum absolute atomic E-state index is 0.0806. The van der Waals surface area contributed by atoms with Crippen LogP contribution in [0.15, 0.2) is 10.5 Å². The number of hydrogen-bond acceptors (Lipinski definition) is 1. The SMILES string of the molecule is Oc1c(F)cc(F)c(Br)c1I. The fraction of sp³-hybridized carbons (Fsp3) is 0. The average Bonchev–Trinajstić information content (AvgIpc) is 1.97. The van der Waals surface area contributed by atoms with Crippen molar-refractivity contribution in [3.05, 3.63) is 25.7 Å². The van der Waals surface area contributed by atoms with Crippen LogP contribution in [0.25, 0.3) is 0 Å². The molecule has 1 nitrogen and oxygen atoms in total. The molecule has 0 fully saturated rings. The van der Waals surface area contributed by atoms with E-state index in [1.807, 2.05) is 0 Å². The molecule has 0 spiro atoms. The van der Waals surface area contributed by atoms with Crippen LogP contribution in [0.3, 0.4) is 0 Å². The second kappa shape index (κ2) is 3.22. The molecule has 0 aliphatic heterocycles. The Bertz CT molecular complexity index is 277. The maximum absolute atomic E-state index is 12.6. The van der Waals surface area contributed by atoms with Crippen molar-refractivity contribution >= 4 is 38.5 Å². The summed E-state index contributed by atoms with van der Waals surface area (Å²) < 4.78 is 25.3. The van der Waals surface area contributed by atoms with E-state index in [0.717, 1.165) is 0 Å². The van der Waals surface area contributed by atoms with Gasteiger partial charge in [0.2, 0.25) is 0 Å². The number of rotatable bonds is 0. The lowest BCUT2D eigenvalue weighted by Gasteiger charge is -2.01. The van der Waals surface area contributed by atoms with Gasteiger partial charge in [-0.1, -0.05) is 0 Å². The molecule has 0 unspecified atom stereocenters. The van der Waals surface area contributed by atoms with Gasteiger partial charge in [-0.05, 0) is 38.5 Å². The number of halogens is 4. The zero-order chi connectivity index (χ0) is 8.59. The van der Waals surface area contributed by atoms with Crippen LogP contribution in [0, 0.1) is 15.2 Å². The van der Waals surface area contributed by atoms with Crippen LogP contribution in [0.4, 0.5) is 8.78 Å². The van der Waals surface area contributed by atoms with Gasteiger partial charge in [0.05, 0.1) is 8.04 Å². The summed E-state index contributed by atoms with van der Waals surface area (Å²) >= 11 is 4.50. The van der Waals surface area contributed by atoms with Crippen molar-refractivity contribution in [1.82, 2.24) is 0 Å². The van der Waals surface area contributed by atoms with Crippen LogP contribution in [0.2, 0.25) is 0 Å². The van der Waals surface area contributed by atoms with Gasteiger partial charge in [0.1, 0.15) is 5.82 Å². The van der Waals surface area contributed by atoms with E-state index in [1.54, 1.807) is 22.6 Å². The Morgan fingerprint density at radius 2 is 1.91 bits per heavy atom. The molecule has 0 heterocycles. The molecule has 0 bridgehead atoms. The Balaban J connectivity index is 3.46. The Kier molecular flexibility index (Phi) is 2.69. The molecule has 0 saturated carbocycles. The van der Waals surface area contributed by atoms with Gasteiger partial charge >= 0.3 is 0 Å². The Morgan fingerprint density at radius 1 is 1.36 bits per heavy atom. The average molecular weight is 335 g/mol. The lowest BCUT2D eigenvalue weighted by molar-refractivity contribution is 0.423. The van der Waals surface area contributed by atoms with Gasteiger partial charge in [0.15, 0.2) is 11.6 Å². The lowest BCUT2D eigenvalue weighted by atomic mass is 10.3. The lowest BCUT2D eigenvalue weighted by Crippen LogP contribution is -1.87. The Morgan fingerprint density at radius 3 is 2.45 bits per heavy atom. The van der Waals surface area contributed by atoms with Gasteiger partial charge in [-0.25, -0.2) is 8.78 Å². The van der Waals surface area contributed by atoms with Crippen molar-refractivity contribution in [3.63, 3.8) is 0 Å². The first-order chi connectivity index (χ1) is 5.04. The zero-order valence-corrected chi connectivity index (χ0v) is 8.78. The first-order valence-corrected chi connectivity index (χ1v) is 4.43. The second-order valence-electron chi connectivity index (χ2n) is 1.82. The monoisotopic (exact) mass is 334 g/mol. The van der Waals surface area contributed by atoms with Gasteiger partial charge in [0, 0.05) is 6.07 Å². The molecule has 1 aromatic rings. The van der Waals surface area contributed by atoms with E-state index >= 15 is 0 Å². The summed E-state index contributed by atoms with van der Waals surface area (Å²) in [6, 6.07) is 0.627. The molecule has 1 aromatic carbocycles. The van der Waals surface area contributed by atoms with Gasteiger partial charge in [-0.3, -0.25) is 0 Å². The highest BCUT2D eigenvalue weighted by atomic mass is 127. The van der Waals surface area contributed by atoms with E-state index in [2.05, 4.69) is 15.9 Å². The van der Waals surface area contributed by atoms with Gasteiger partial charge in [-0.15, -0.1) is 0 Å². The molecule has 0 atom stereocenters. The highest BCUT2D eigenvalue weighted by Gasteiger charge is 2.13. The predicted octanol–water partition coefficient (Wildman–Crippen LogP) is 3.04. The number of aromatic hydroxyl groups is 1. The smallest absolute Gasteiger partial charge is 0.168 e. The zero-order valence-electron chi connectivity index (χ0n) is 5.04. The van der Waals surface area contributed by atoms with Crippen molar-refractivity contribution in [3.8, 4) is 5.75 Å². The third-order valence-corrected chi connectivity index (χ3v) is 3.66. The predicted molar refractivity (Wildman–Crippen MR) is 48.4 cm³/mol. The number of phenolic OH excluding ortho intramolecular Hbond substituents is 1. The maximum Gasteiger partial charge on any atom is 0.168 e. The maximum atomic E-state index is 12.6. The van der Waals surface area contributed by atoms with E-state index in [0.29, 0.717) is 6.07 Å². The largest absolute Gasteiger partial charge is 0.504 e. The highest BCUT2D eigenvalue weighted by Crippen LogP contribution is 2.32. The van der Waals surface area contributed by atoms with E-state index < -0.39 is 17.4 Å². The molecular weight excluding hydrogens is 333 g/mol. The second-order valence-corrected chi connectivity index (χ2v) is 3.69. The molecule has 0 aliphatic carbocycles. The highest BCUT2D eigenvalue weighted by molar-refractivity contribution is 14.1. The van der Waals surface area contributed by atoms with Gasteiger partial charge in [0.25, 0.3) is 0 Å². The van der Waals surface area contributed by atoms with Crippen LogP contribution in [-0.2, 0) is 0 Å².